The van der Waals surface area contributed by atoms with E-state index in [0.29, 0.717) is 64.8 Å². The van der Waals surface area contributed by atoms with E-state index < -0.39 is 11.6 Å². The molecule has 3 aliphatic rings. The van der Waals surface area contributed by atoms with E-state index >= 15 is 0 Å². The van der Waals surface area contributed by atoms with Crippen LogP contribution in [0.1, 0.15) is 98.2 Å². The Morgan fingerprint density at radius 2 is 1.74 bits per heavy atom. The number of benzene rings is 2. The number of halogens is 2. The highest BCUT2D eigenvalue weighted by molar-refractivity contribution is 5.95. The van der Waals surface area contributed by atoms with Crippen LogP contribution in [-0.4, -0.2) is 76.6 Å². The van der Waals surface area contributed by atoms with E-state index in [1.165, 1.54) is 12.1 Å². The molecule has 1 aliphatic carbocycles. The summed E-state index contributed by atoms with van der Waals surface area (Å²) in [6.07, 6.45) is 8.41. The highest BCUT2D eigenvalue weighted by atomic mass is 19.1. The lowest BCUT2D eigenvalue weighted by Crippen LogP contribution is -2.43. The summed E-state index contributed by atoms with van der Waals surface area (Å²) >= 11 is 0. The lowest BCUT2D eigenvalue weighted by molar-refractivity contribution is 0.0730. The molecule has 0 spiro atoms. The molecule has 1 atom stereocenters. The van der Waals surface area contributed by atoms with Gasteiger partial charge in [0.05, 0.1) is 30.5 Å². The van der Waals surface area contributed by atoms with Crippen molar-refractivity contribution in [1.29, 1.82) is 0 Å². The lowest BCUT2D eigenvalue weighted by atomic mass is 9.94. The average Bonchev–Trinajstić information content (AvgIpc) is 3.90. The van der Waals surface area contributed by atoms with Gasteiger partial charge in [0.1, 0.15) is 28.9 Å². The Bertz CT molecular complexity index is 2580. The Kier molecular flexibility index (Phi) is 9.90. The fourth-order valence-corrected chi connectivity index (χ4v) is 9.44. The van der Waals surface area contributed by atoms with Gasteiger partial charge in [0, 0.05) is 54.1 Å². The van der Waals surface area contributed by atoms with Crippen LogP contribution < -0.4 is 10.4 Å². The van der Waals surface area contributed by atoms with Gasteiger partial charge in [-0.05, 0) is 112 Å². The predicted molar refractivity (Wildman–Crippen MR) is 219 cm³/mol. The minimum Gasteiger partial charge on any atom is -0.460 e. The summed E-state index contributed by atoms with van der Waals surface area (Å²) in [5.41, 5.74) is 5.91. The van der Waals surface area contributed by atoms with Crippen LogP contribution in [0.3, 0.4) is 0 Å². The zero-order valence-corrected chi connectivity index (χ0v) is 33.7. The number of carbonyl (C=O) groups excluding carboxylic acids is 1. The normalized spacial score (nSPS) is 18.0. The first-order chi connectivity index (χ1) is 27.9. The maximum Gasteiger partial charge on any atom is 0.335 e. The van der Waals surface area contributed by atoms with Gasteiger partial charge < -0.3 is 19.1 Å². The molecule has 1 saturated heterocycles. The standard InChI is InChI=1S/C45H50F2N8O3/c1-28-39-41(50-43(49-28)58-34-10-5-6-11-34)55(33-9-8-21-51(25-33)27-45(2,3)4)44(57)54(39)32-17-14-29(15-18-32)42(56)52-22-19-35-36-12-7-20-48-40(36)53(38(35)26-52)24-30-13-16-31(46)23-37(30)47/h7,12-18,20,23,33-34H,5-6,8-11,19,21-22,24-27H2,1-4H3/t33-/m1/s1. The lowest BCUT2D eigenvalue weighted by Gasteiger charge is -2.36. The first kappa shape index (κ1) is 38.1. The largest absolute Gasteiger partial charge is 0.460 e. The molecular weight excluding hydrogens is 739 g/mol. The molecule has 302 valence electrons. The third kappa shape index (κ3) is 7.18. The number of piperidine rings is 1. The number of imidazole rings is 1. The number of hydrogen-bond donors (Lipinski definition) is 0. The number of likely N-dealkylation sites (tertiary alicyclic amines) is 1. The van der Waals surface area contributed by atoms with Gasteiger partial charge in [-0.3, -0.25) is 13.9 Å². The number of nitrogens with zero attached hydrogens (tertiary/aromatic N) is 8. The smallest absolute Gasteiger partial charge is 0.335 e. The van der Waals surface area contributed by atoms with Crippen molar-refractivity contribution in [2.24, 2.45) is 5.41 Å². The monoisotopic (exact) mass is 788 g/mol. The second kappa shape index (κ2) is 15.1. The Morgan fingerprint density at radius 1 is 0.948 bits per heavy atom. The van der Waals surface area contributed by atoms with Crippen molar-refractivity contribution >= 4 is 28.1 Å². The highest BCUT2D eigenvalue weighted by Gasteiger charge is 2.32. The zero-order valence-electron chi connectivity index (χ0n) is 33.7. The SMILES string of the molecule is Cc1nc(OC2CCCC2)nc2c1n(-c1ccc(C(=O)N3CCc4c(n(Cc5ccc(F)cc5F)c5ncccc45)C3)cc1)c(=O)n2[C@@H]1CCCN(CC(C)(C)C)C1. The van der Waals surface area contributed by atoms with E-state index in [1.54, 1.807) is 27.8 Å². The molecule has 11 nitrogen and oxygen atoms in total. The Morgan fingerprint density at radius 3 is 2.50 bits per heavy atom. The summed E-state index contributed by atoms with van der Waals surface area (Å²) in [6, 6.07) is 14.9. The van der Waals surface area contributed by atoms with Gasteiger partial charge in [0.2, 0.25) is 0 Å². The maximum atomic E-state index is 14.9. The molecule has 58 heavy (non-hydrogen) atoms. The van der Waals surface area contributed by atoms with Crippen LogP contribution in [-0.2, 0) is 19.5 Å². The van der Waals surface area contributed by atoms with Gasteiger partial charge >= 0.3 is 11.7 Å². The van der Waals surface area contributed by atoms with E-state index in [1.807, 2.05) is 40.3 Å². The topological polar surface area (TPSA) is 103 Å². The number of aryl methyl sites for hydroxylation is 1. The van der Waals surface area contributed by atoms with Crippen LogP contribution in [0.4, 0.5) is 8.78 Å². The fraction of sp³-hybridized carbons (Fsp3) is 0.444. The van der Waals surface area contributed by atoms with Gasteiger partial charge in [-0.15, -0.1) is 0 Å². The van der Waals surface area contributed by atoms with Crippen molar-refractivity contribution < 1.29 is 18.3 Å². The first-order valence-corrected chi connectivity index (χ1v) is 20.6. The minimum absolute atomic E-state index is 0.0730. The van der Waals surface area contributed by atoms with Gasteiger partial charge in [-0.25, -0.2) is 18.6 Å². The van der Waals surface area contributed by atoms with Crippen molar-refractivity contribution in [3.63, 3.8) is 0 Å². The molecule has 0 unspecified atom stereocenters. The molecule has 1 saturated carbocycles. The van der Waals surface area contributed by atoms with Crippen LogP contribution in [0.2, 0.25) is 0 Å². The second-order valence-corrected chi connectivity index (χ2v) is 17.5. The highest BCUT2D eigenvalue weighted by Crippen LogP contribution is 2.33. The van der Waals surface area contributed by atoms with E-state index in [2.05, 4.69) is 30.7 Å². The zero-order chi connectivity index (χ0) is 40.3. The minimum atomic E-state index is -0.633. The molecule has 2 aliphatic heterocycles. The number of fused-ring (bicyclic) bond motifs is 4. The molecule has 0 bridgehead atoms. The van der Waals surface area contributed by atoms with Crippen molar-refractivity contribution in [1.82, 2.24) is 38.5 Å². The van der Waals surface area contributed by atoms with Crippen molar-refractivity contribution in [3.05, 3.63) is 111 Å². The molecule has 6 aromatic rings. The molecule has 13 heteroatoms. The molecule has 2 fully saturated rings. The van der Waals surface area contributed by atoms with Crippen LogP contribution in [0.5, 0.6) is 6.01 Å². The summed E-state index contributed by atoms with van der Waals surface area (Å²) in [5, 5.41) is 0.965. The molecular formula is C45H50F2N8O3. The van der Waals surface area contributed by atoms with Crippen LogP contribution in [0, 0.1) is 24.0 Å². The van der Waals surface area contributed by atoms with Crippen molar-refractivity contribution in [2.75, 3.05) is 26.2 Å². The molecule has 0 N–H and O–H groups in total. The number of aromatic nitrogens is 6. The Balaban J connectivity index is 1.04. The molecule has 6 heterocycles. The summed E-state index contributed by atoms with van der Waals surface area (Å²) in [6.45, 7) is 12.2. The van der Waals surface area contributed by atoms with Gasteiger partial charge in [0.25, 0.3) is 5.91 Å². The van der Waals surface area contributed by atoms with Crippen molar-refractivity contribution in [3.8, 4) is 11.7 Å². The third-order valence-corrected chi connectivity index (χ3v) is 12.0. The number of rotatable bonds is 8. The van der Waals surface area contributed by atoms with E-state index in [4.69, 9.17) is 14.7 Å². The van der Waals surface area contributed by atoms with E-state index in [9.17, 15) is 18.4 Å². The third-order valence-electron chi connectivity index (χ3n) is 12.0. The molecule has 1 amide bonds. The second-order valence-electron chi connectivity index (χ2n) is 17.5. The van der Waals surface area contributed by atoms with Gasteiger partial charge in [-0.1, -0.05) is 26.8 Å². The summed E-state index contributed by atoms with van der Waals surface area (Å²) in [5.74, 6) is -1.41. The number of carbonyl (C=O) groups is 1. The summed E-state index contributed by atoms with van der Waals surface area (Å²) < 4.78 is 40.4. The quantitative estimate of drug-likeness (QED) is 0.155. The molecule has 4 aromatic heterocycles. The number of amides is 1. The Labute approximate surface area is 336 Å². The fourth-order valence-electron chi connectivity index (χ4n) is 9.44. The van der Waals surface area contributed by atoms with Crippen molar-refractivity contribution in [2.45, 2.75) is 97.9 Å². The van der Waals surface area contributed by atoms with Gasteiger partial charge in [-0.2, -0.15) is 9.97 Å². The Hall–Kier alpha value is -5.43. The number of hydrogen-bond acceptors (Lipinski definition) is 7. The number of ether oxygens (including phenoxy) is 1. The van der Waals surface area contributed by atoms with Gasteiger partial charge in [0.15, 0.2) is 5.65 Å². The van der Waals surface area contributed by atoms with E-state index in [-0.39, 0.29) is 35.7 Å². The molecule has 9 rings (SSSR count). The average molecular weight is 789 g/mol. The number of pyridine rings is 1. The predicted octanol–water partition coefficient (Wildman–Crippen LogP) is 7.77. The van der Waals surface area contributed by atoms with Crippen LogP contribution in [0.25, 0.3) is 27.9 Å². The maximum absolute atomic E-state index is 14.9. The summed E-state index contributed by atoms with van der Waals surface area (Å²) in [4.78, 5) is 47.5. The first-order valence-electron chi connectivity index (χ1n) is 20.6. The molecule has 2 aromatic carbocycles. The van der Waals surface area contributed by atoms with E-state index in [0.717, 1.165) is 80.9 Å². The van der Waals surface area contributed by atoms with Crippen LogP contribution in [0.15, 0.2) is 65.6 Å². The van der Waals surface area contributed by atoms with Crippen LogP contribution >= 0.6 is 0 Å². The molecule has 0 radical (unpaired) electrons. The summed E-state index contributed by atoms with van der Waals surface area (Å²) in [7, 11) is 0.